The molecule has 1 aromatic rings. The number of hydrogen-bond donors (Lipinski definition) is 0. The monoisotopic (exact) mass is 181 g/mol. The van der Waals surface area contributed by atoms with E-state index in [1.165, 1.54) is 6.26 Å². The van der Waals surface area contributed by atoms with Gasteiger partial charge in [-0.25, -0.2) is 0 Å². The molecule has 13 heavy (non-hydrogen) atoms. The lowest BCUT2D eigenvalue weighted by Crippen LogP contribution is -2.33. The lowest BCUT2D eigenvalue weighted by molar-refractivity contribution is 0.0753. The summed E-state index contributed by atoms with van der Waals surface area (Å²) in [6, 6.07) is 1.91. The van der Waals surface area contributed by atoms with Crippen molar-refractivity contribution in [3.05, 3.63) is 23.7 Å². The molecule has 0 fully saturated rings. The van der Waals surface area contributed by atoms with Gasteiger partial charge in [-0.2, -0.15) is 0 Å². The van der Waals surface area contributed by atoms with Gasteiger partial charge >= 0.3 is 0 Å². The molecule has 1 amide bonds. The van der Waals surface area contributed by atoms with Gasteiger partial charge in [0.05, 0.1) is 11.8 Å². The molecule has 0 atom stereocenters. The summed E-state index contributed by atoms with van der Waals surface area (Å²) in [6.45, 7) is 5.75. The Morgan fingerprint density at radius 3 is 2.54 bits per heavy atom. The number of rotatable bonds is 2. The van der Waals surface area contributed by atoms with Crippen LogP contribution >= 0.6 is 0 Å². The number of carbonyl (C=O) groups is 1. The number of aryl methyl sites for hydroxylation is 1. The molecular weight excluding hydrogens is 166 g/mol. The van der Waals surface area contributed by atoms with Gasteiger partial charge in [0.2, 0.25) is 0 Å². The standard InChI is InChI=1S/C10H15NO2/c1-7(2)11(4)10(12)9-5-6-13-8(9)3/h5-7H,1-4H3. The molecule has 0 spiro atoms. The third-order valence-electron chi connectivity index (χ3n) is 2.18. The van der Waals surface area contributed by atoms with Gasteiger partial charge in [-0.3, -0.25) is 4.79 Å². The molecule has 0 saturated heterocycles. The number of amides is 1. The Hall–Kier alpha value is -1.25. The molecule has 0 saturated carbocycles. The van der Waals surface area contributed by atoms with E-state index in [1.807, 2.05) is 13.8 Å². The van der Waals surface area contributed by atoms with Crippen LogP contribution in [0.4, 0.5) is 0 Å². The molecule has 3 nitrogen and oxygen atoms in total. The first kappa shape index (κ1) is 9.84. The van der Waals surface area contributed by atoms with Gasteiger partial charge in [0.1, 0.15) is 5.76 Å². The molecule has 0 aliphatic carbocycles. The molecule has 1 aromatic heterocycles. The summed E-state index contributed by atoms with van der Waals surface area (Å²) in [5.41, 5.74) is 0.649. The smallest absolute Gasteiger partial charge is 0.257 e. The van der Waals surface area contributed by atoms with E-state index in [4.69, 9.17) is 4.42 Å². The second kappa shape index (κ2) is 3.64. The summed E-state index contributed by atoms with van der Waals surface area (Å²) in [5.74, 6) is 0.693. The zero-order chi connectivity index (χ0) is 10.0. The van der Waals surface area contributed by atoms with Crippen molar-refractivity contribution in [2.24, 2.45) is 0 Å². The van der Waals surface area contributed by atoms with Crippen LogP contribution in [-0.4, -0.2) is 23.9 Å². The van der Waals surface area contributed by atoms with Gasteiger partial charge in [0, 0.05) is 13.1 Å². The first-order chi connectivity index (χ1) is 6.04. The van der Waals surface area contributed by atoms with Crippen molar-refractivity contribution in [2.75, 3.05) is 7.05 Å². The summed E-state index contributed by atoms with van der Waals surface area (Å²) < 4.78 is 5.07. The fourth-order valence-corrected chi connectivity index (χ4v) is 1.03. The highest BCUT2D eigenvalue weighted by atomic mass is 16.3. The van der Waals surface area contributed by atoms with Gasteiger partial charge in [0.25, 0.3) is 5.91 Å². The van der Waals surface area contributed by atoms with Crippen LogP contribution in [0, 0.1) is 6.92 Å². The van der Waals surface area contributed by atoms with E-state index in [-0.39, 0.29) is 11.9 Å². The number of carbonyl (C=O) groups excluding carboxylic acids is 1. The molecule has 72 valence electrons. The van der Waals surface area contributed by atoms with Crippen molar-refractivity contribution in [3.63, 3.8) is 0 Å². The summed E-state index contributed by atoms with van der Waals surface area (Å²) in [6.07, 6.45) is 1.54. The van der Waals surface area contributed by atoms with Crippen molar-refractivity contribution in [2.45, 2.75) is 26.8 Å². The maximum absolute atomic E-state index is 11.7. The molecule has 1 rings (SSSR count). The predicted octanol–water partition coefficient (Wildman–Crippen LogP) is 2.07. The van der Waals surface area contributed by atoms with Crippen LogP contribution in [0.2, 0.25) is 0 Å². The third-order valence-corrected chi connectivity index (χ3v) is 2.18. The summed E-state index contributed by atoms with van der Waals surface area (Å²) in [7, 11) is 1.79. The van der Waals surface area contributed by atoms with Crippen molar-refractivity contribution in [1.82, 2.24) is 4.90 Å². The molecule has 0 unspecified atom stereocenters. The molecule has 1 heterocycles. The molecule has 0 aliphatic rings. The Labute approximate surface area is 78.3 Å². The van der Waals surface area contributed by atoms with Crippen LogP contribution in [0.1, 0.15) is 30.0 Å². The van der Waals surface area contributed by atoms with Crippen molar-refractivity contribution < 1.29 is 9.21 Å². The summed E-state index contributed by atoms with van der Waals surface area (Å²) in [5, 5.41) is 0. The van der Waals surface area contributed by atoms with Gasteiger partial charge in [-0.1, -0.05) is 0 Å². The zero-order valence-corrected chi connectivity index (χ0v) is 8.50. The average molecular weight is 181 g/mol. The van der Waals surface area contributed by atoms with Crippen LogP contribution in [0.25, 0.3) is 0 Å². The lowest BCUT2D eigenvalue weighted by atomic mass is 10.2. The molecule has 3 heteroatoms. The number of furan rings is 1. The van der Waals surface area contributed by atoms with Crippen LogP contribution < -0.4 is 0 Å². The van der Waals surface area contributed by atoms with E-state index in [0.717, 1.165) is 0 Å². The highest BCUT2D eigenvalue weighted by molar-refractivity contribution is 5.95. The van der Waals surface area contributed by atoms with Gasteiger partial charge in [-0.15, -0.1) is 0 Å². The molecule has 0 N–H and O–H groups in total. The van der Waals surface area contributed by atoms with E-state index >= 15 is 0 Å². The van der Waals surface area contributed by atoms with Crippen LogP contribution in [0.3, 0.4) is 0 Å². The maximum atomic E-state index is 11.7. The minimum Gasteiger partial charge on any atom is -0.469 e. The minimum absolute atomic E-state index is 0.0150. The fourth-order valence-electron chi connectivity index (χ4n) is 1.03. The SMILES string of the molecule is Cc1occc1C(=O)N(C)C(C)C. The molecule has 0 radical (unpaired) electrons. The number of hydrogen-bond acceptors (Lipinski definition) is 2. The quantitative estimate of drug-likeness (QED) is 0.699. The highest BCUT2D eigenvalue weighted by Crippen LogP contribution is 2.12. The van der Waals surface area contributed by atoms with Gasteiger partial charge in [0.15, 0.2) is 0 Å². The van der Waals surface area contributed by atoms with Crippen molar-refractivity contribution >= 4 is 5.91 Å². The summed E-state index contributed by atoms with van der Waals surface area (Å²) in [4.78, 5) is 13.4. The van der Waals surface area contributed by atoms with Crippen molar-refractivity contribution in [3.8, 4) is 0 Å². The first-order valence-electron chi connectivity index (χ1n) is 4.35. The van der Waals surface area contributed by atoms with E-state index in [2.05, 4.69) is 0 Å². The van der Waals surface area contributed by atoms with Crippen LogP contribution in [0.5, 0.6) is 0 Å². The molecule has 0 bridgehead atoms. The second-order valence-corrected chi connectivity index (χ2v) is 3.40. The third kappa shape index (κ3) is 1.91. The molecule has 0 aliphatic heterocycles. The van der Waals surface area contributed by atoms with Crippen LogP contribution in [-0.2, 0) is 0 Å². The fraction of sp³-hybridized carbons (Fsp3) is 0.500. The Bertz CT molecular complexity index is 302. The Morgan fingerprint density at radius 2 is 2.15 bits per heavy atom. The van der Waals surface area contributed by atoms with E-state index < -0.39 is 0 Å². The van der Waals surface area contributed by atoms with Gasteiger partial charge in [-0.05, 0) is 26.8 Å². The predicted molar refractivity (Wildman–Crippen MR) is 50.7 cm³/mol. The maximum Gasteiger partial charge on any atom is 0.257 e. The Kier molecular flexibility index (Phi) is 2.76. The Morgan fingerprint density at radius 1 is 1.54 bits per heavy atom. The zero-order valence-electron chi connectivity index (χ0n) is 8.50. The van der Waals surface area contributed by atoms with E-state index in [1.54, 1.807) is 24.9 Å². The lowest BCUT2D eigenvalue weighted by Gasteiger charge is -2.20. The topological polar surface area (TPSA) is 33.5 Å². The van der Waals surface area contributed by atoms with Crippen molar-refractivity contribution in [1.29, 1.82) is 0 Å². The minimum atomic E-state index is 0.0150. The normalized spacial score (nSPS) is 10.5. The van der Waals surface area contributed by atoms with E-state index in [9.17, 15) is 4.79 Å². The summed E-state index contributed by atoms with van der Waals surface area (Å²) >= 11 is 0. The molecular formula is C10H15NO2. The highest BCUT2D eigenvalue weighted by Gasteiger charge is 2.17. The van der Waals surface area contributed by atoms with Gasteiger partial charge < -0.3 is 9.32 Å². The first-order valence-corrected chi connectivity index (χ1v) is 4.35. The Balaban J connectivity index is 2.86. The second-order valence-electron chi connectivity index (χ2n) is 3.40. The van der Waals surface area contributed by atoms with E-state index in [0.29, 0.717) is 11.3 Å². The van der Waals surface area contributed by atoms with Crippen LogP contribution in [0.15, 0.2) is 16.7 Å². The average Bonchev–Trinajstić information content (AvgIpc) is 2.48. The largest absolute Gasteiger partial charge is 0.469 e. The number of nitrogens with zero attached hydrogens (tertiary/aromatic N) is 1. The molecule has 0 aromatic carbocycles.